The van der Waals surface area contributed by atoms with Crippen LogP contribution >= 0.6 is 11.8 Å². The molecule has 2 atom stereocenters. The van der Waals surface area contributed by atoms with Gasteiger partial charge in [0, 0.05) is 56.9 Å². The van der Waals surface area contributed by atoms with Gasteiger partial charge in [-0.25, -0.2) is 13.8 Å². The summed E-state index contributed by atoms with van der Waals surface area (Å²) >= 11 is 1.69. The Morgan fingerprint density at radius 2 is 2.06 bits per heavy atom. The SMILES string of the molecule is Cn1c(SCCCN2C[C@H]3CCN(c4ccc(F)cc4F)[C@H]3C2)nnc1-c1cnccn1. The van der Waals surface area contributed by atoms with Gasteiger partial charge in [-0.05, 0) is 37.4 Å². The number of benzene rings is 1. The normalized spacial score (nSPS) is 20.8. The molecule has 0 N–H and O–H groups in total. The van der Waals surface area contributed by atoms with Crippen molar-refractivity contribution in [3.63, 3.8) is 0 Å². The van der Waals surface area contributed by atoms with Crippen molar-refractivity contribution < 1.29 is 8.78 Å². The van der Waals surface area contributed by atoms with Crippen molar-refractivity contribution in [2.75, 3.05) is 36.8 Å². The molecule has 2 aliphatic rings. The lowest BCUT2D eigenvalue weighted by Crippen LogP contribution is -2.36. The Balaban J connectivity index is 1.12. The highest BCUT2D eigenvalue weighted by Crippen LogP contribution is 2.36. The Bertz CT molecular complexity index is 1080. The number of likely N-dealkylation sites (tertiary alicyclic amines) is 1. The highest BCUT2D eigenvalue weighted by molar-refractivity contribution is 7.99. The molecule has 0 unspecified atom stereocenters. The van der Waals surface area contributed by atoms with Gasteiger partial charge >= 0.3 is 0 Å². The van der Waals surface area contributed by atoms with E-state index in [9.17, 15) is 8.78 Å². The maximum Gasteiger partial charge on any atom is 0.191 e. The summed E-state index contributed by atoms with van der Waals surface area (Å²) in [6, 6.07) is 4.20. The molecule has 3 aromatic rings. The van der Waals surface area contributed by atoms with Gasteiger partial charge in [0.1, 0.15) is 17.3 Å². The average molecular weight is 458 g/mol. The monoisotopic (exact) mass is 457 g/mol. The van der Waals surface area contributed by atoms with Crippen molar-refractivity contribution in [3.05, 3.63) is 48.4 Å². The molecule has 32 heavy (non-hydrogen) atoms. The molecule has 0 saturated carbocycles. The molecule has 2 fully saturated rings. The molecule has 5 rings (SSSR count). The van der Waals surface area contributed by atoms with E-state index in [0.717, 1.165) is 56.0 Å². The van der Waals surface area contributed by atoms with E-state index < -0.39 is 11.6 Å². The predicted octanol–water partition coefficient (Wildman–Crippen LogP) is 3.24. The van der Waals surface area contributed by atoms with Crippen LogP contribution in [0.15, 0.2) is 41.9 Å². The largest absolute Gasteiger partial charge is 0.365 e. The molecule has 2 aromatic heterocycles. The summed E-state index contributed by atoms with van der Waals surface area (Å²) in [5.74, 6) is 1.19. The van der Waals surface area contributed by atoms with Gasteiger partial charge in [-0.1, -0.05) is 11.8 Å². The quantitative estimate of drug-likeness (QED) is 0.399. The number of rotatable bonds is 7. The summed E-state index contributed by atoms with van der Waals surface area (Å²) in [5, 5.41) is 9.40. The molecule has 7 nitrogen and oxygen atoms in total. The average Bonchev–Trinajstić information content (AvgIpc) is 3.47. The summed E-state index contributed by atoms with van der Waals surface area (Å²) in [5.41, 5.74) is 1.23. The molecule has 0 bridgehead atoms. The molecule has 1 aromatic carbocycles. The molecular weight excluding hydrogens is 432 g/mol. The van der Waals surface area contributed by atoms with Gasteiger partial charge in [-0.2, -0.15) is 0 Å². The third-order valence-corrected chi connectivity index (χ3v) is 7.43. The maximum absolute atomic E-state index is 14.3. The van der Waals surface area contributed by atoms with Gasteiger partial charge in [-0.15, -0.1) is 10.2 Å². The van der Waals surface area contributed by atoms with Crippen LogP contribution in [0.5, 0.6) is 0 Å². The van der Waals surface area contributed by atoms with Gasteiger partial charge in [0.15, 0.2) is 11.0 Å². The zero-order valence-corrected chi connectivity index (χ0v) is 18.7. The topological polar surface area (TPSA) is 63.0 Å². The number of hydrogen-bond donors (Lipinski definition) is 0. The molecule has 4 heterocycles. The molecule has 0 aliphatic carbocycles. The van der Waals surface area contributed by atoms with Crippen LogP contribution in [-0.4, -0.2) is 67.6 Å². The van der Waals surface area contributed by atoms with E-state index in [4.69, 9.17) is 0 Å². The van der Waals surface area contributed by atoms with Crippen LogP contribution in [-0.2, 0) is 7.05 Å². The van der Waals surface area contributed by atoms with Crippen LogP contribution in [0.4, 0.5) is 14.5 Å². The van der Waals surface area contributed by atoms with E-state index in [0.29, 0.717) is 29.2 Å². The Labute approximate surface area is 189 Å². The van der Waals surface area contributed by atoms with Crippen LogP contribution in [0.2, 0.25) is 0 Å². The molecule has 0 radical (unpaired) electrons. The van der Waals surface area contributed by atoms with Crippen LogP contribution in [0.1, 0.15) is 12.8 Å². The lowest BCUT2D eigenvalue weighted by molar-refractivity contribution is 0.319. The number of nitrogens with zero attached hydrogens (tertiary/aromatic N) is 7. The van der Waals surface area contributed by atoms with Gasteiger partial charge < -0.3 is 14.4 Å². The standard InChI is InChI=1S/C22H25F2N7S/c1-29-21(18-12-25-6-7-26-18)27-28-22(29)32-10-2-8-30-13-15-5-9-31(20(15)14-30)19-4-3-16(23)11-17(19)24/h3-4,6-7,11-12,15,20H,2,5,8-10,13-14H2,1H3/t15-,20+/m1/s1. The summed E-state index contributed by atoms with van der Waals surface area (Å²) in [7, 11) is 1.94. The van der Waals surface area contributed by atoms with Gasteiger partial charge in [0.25, 0.3) is 0 Å². The summed E-state index contributed by atoms with van der Waals surface area (Å²) in [6.45, 7) is 3.79. The first-order valence-electron chi connectivity index (χ1n) is 10.8. The summed E-state index contributed by atoms with van der Waals surface area (Å²) in [4.78, 5) is 13.0. The summed E-state index contributed by atoms with van der Waals surface area (Å²) < 4.78 is 29.5. The Kier molecular flexibility index (Phi) is 6.05. The third kappa shape index (κ3) is 4.21. The molecule has 2 aliphatic heterocycles. The van der Waals surface area contributed by atoms with Crippen LogP contribution in [0.25, 0.3) is 11.5 Å². The van der Waals surface area contributed by atoms with E-state index in [1.54, 1.807) is 36.4 Å². The number of halogens is 2. The fourth-order valence-electron chi connectivity index (χ4n) is 4.77. The molecule has 0 spiro atoms. The Morgan fingerprint density at radius 3 is 2.88 bits per heavy atom. The van der Waals surface area contributed by atoms with Crippen LogP contribution in [0, 0.1) is 17.6 Å². The maximum atomic E-state index is 14.3. The minimum absolute atomic E-state index is 0.302. The highest BCUT2D eigenvalue weighted by Gasteiger charge is 2.41. The lowest BCUT2D eigenvalue weighted by Gasteiger charge is -2.27. The Morgan fingerprint density at radius 1 is 1.16 bits per heavy atom. The zero-order chi connectivity index (χ0) is 22.1. The van der Waals surface area contributed by atoms with Crippen molar-refractivity contribution in [2.45, 2.75) is 24.0 Å². The van der Waals surface area contributed by atoms with Crippen molar-refractivity contribution in [2.24, 2.45) is 13.0 Å². The third-order valence-electron chi connectivity index (χ3n) is 6.32. The predicted molar refractivity (Wildman–Crippen MR) is 119 cm³/mol. The van der Waals surface area contributed by atoms with Gasteiger partial charge in [-0.3, -0.25) is 4.98 Å². The van der Waals surface area contributed by atoms with Crippen molar-refractivity contribution in [3.8, 4) is 11.5 Å². The first-order valence-corrected chi connectivity index (χ1v) is 11.8. The van der Waals surface area contributed by atoms with Gasteiger partial charge in [0.05, 0.1) is 11.9 Å². The number of thioether (sulfide) groups is 1. The molecule has 2 saturated heterocycles. The second kappa shape index (κ2) is 9.11. The minimum Gasteiger partial charge on any atom is -0.365 e. The minimum atomic E-state index is -0.528. The first-order chi connectivity index (χ1) is 15.6. The smallest absolute Gasteiger partial charge is 0.191 e. The lowest BCUT2D eigenvalue weighted by atomic mass is 10.0. The van der Waals surface area contributed by atoms with Crippen LogP contribution < -0.4 is 4.90 Å². The molecule has 168 valence electrons. The van der Waals surface area contributed by atoms with Gasteiger partial charge in [0.2, 0.25) is 0 Å². The number of fused-ring (bicyclic) bond motifs is 1. The molecular formula is C22H25F2N7S. The number of hydrogen-bond acceptors (Lipinski definition) is 7. The Hall–Kier alpha value is -2.59. The van der Waals surface area contributed by atoms with Crippen molar-refractivity contribution in [1.82, 2.24) is 29.6 Å². The second-order valence-corrected chi connectivity index (χ2v) is 9.38. The first kappa shape index (κ1) is 21.3. The fourth-order valence-corrected chi connectivity index (χ4v) is 5.61. The highest BCUT2D eigenvalue weighted by atomic mass is 32.2. The van der Waals surface area contributed by atoms with E-state index in [2.05, 4.69) is 30.0 Å². The van der Waals surface area contributed by atoms with E-state index >= 15 is 0 Å². The molecule has 10 heteroatoms. The van der Waals surface area contributed by atoms with E-state index in [1.807, 2.05) is 11.6 Å². The van der Waals surface area contributed by atoms with Crippen LogP contribution in [0.3, 0.4) is 0 Å². The number of anilines is 1. The zero-order valence-electron chi connectivity index (χ0n) is 17.9. The fraction of sp³-hybridized carbons (Fsp3) is 0.455. The summed E-state index contributed by atoms with van der Waals surface area (Å²) in [6.07, 6.45) is 7.05. The van der Waals surface area contributed by atoms with Crippen molar-refractivity contribution >= 4 is 17.4 Å². The second-order valence-electron chi connectivity index (χ2n) is 8.32. The number of aromatic nitrogens is 5. The van der Waals surface area contributed by atoms with Crippen molar-refractivity contribution in [1.29, 1.82) is 0 Å². The van der Waals surface area contributed by atoms with E-state index in [-0.39, 0.29) is 0 Å². The molecule has 0 amide bonds. The van der Waals surface area contributed by atoms with E-state index in [1.165, 1.54) is 6.07 Å².